The minimum atomic E-state index is -0.356. The molecule has 1 aromatic heterocycles. The van der Waals surface area contributed by atoms with Crippen molar-refractivity contribution in [2.24, 2.45) is 0 Å². The van der Waals surface area contributed by atoms with Crippen LogP contribution in [0.2, 0.25) is 0 Å². The van der Waals surface area contributed by atoms with Gasteiger partial charge in [-0.15, -0.1) is 11.6 Å². The molecule has 0 aliphatic heterocycles. The van der Waals surface area contributed by atoms with Crippen LogP contribution in [0.5, 0.6) is 0 Å². The predicted molar refractivity (Wildman–Crippen MR) is 71.8 cm³/mol. The van der Waals surface area contributed by atoms with Gasteiger partial charge in [0.2, 0.25) is 0 Å². The Morgan fingerprint density at radius 2 is 2.39 bits per heavy atom. The molecule has 0 radical (unpaired) electrons. The first-order valence-corrected chi connectivity index (χ1v) is 6.08. The Kier molecular flexibility index (Phi) is 3.99. The van der Waals surface area contributed by atoms with Crippen LogP contribution in [-0.4, -0.2) is 29.2 Å². The summed E-state index contributed by atoms with van der Waals surface area (Å²) < 4.78 is 4.67. The van der Waals surface area contributed by atoms with Crippen LogP contribution in [0.4, 0.5) is 0 Å². The summed E-state index contributed by atoms with van der Waals surface area (Å²) in [5.74, 6) is 0.233. The Labute approximate surface area is 110 Å². The smallest absolute Gasteiger partial charge is 0.337 e. The molecule has 0 bridgehead atoms. The average molecular weight is 265 g/mol. The molecule has 4 nitrogen and oxygen atoms in total. The number of benzene rings is 1. The molecule has 0 spiro atoms. The lowest BCUT2D eigenvalue weighted by Crippen LogP contribution is -2.00. The van der Waals surface area contributed by atoms with E-state index in [9.17, 15) is 4.79 Å². The lowest BCUT2D eigenvalue weighted by molar-refractivity contribution is 0.0601. The lowest BCUT2D eigenvalue weighted by Gasteiger charge is -1.98. The number of methoxy groups -OCH3 is 1. The third-order valence-corrected chi connectivity index (χ3v) is 2.78. The van der Waals surface area contributed by atoms with E-state index in [1.165, 1.54) is 7.11 Å². The topological polar surface area (TPSA) is 55.0 Å². The zero-order valence-corrected chi connectivity index (χ0v) is 10.7. The molecule has 0 aliphatic rings. The van der Waals surface area contributed by atoms with Crippen LogP contribution in [-0.2, 0) is 4.74 Å². The van der Waals surface area contributed by atoms with Crippen molar-refractivity contribution in [2.75, 3.05) is 13.0 Å². The molecule has 2 rings (SSSR count). The normalized spacial score (nSPS) is 11.2. The summed E-state index contributed by atoms with van der Waals surface area (Å²) in [5, 5.41) is 8.05. The number of aromatic amines is 1. The molecule has 0 unspecified atom stereocenters. The van der Waals surface area contributed by atoms with Crippen molar-refractivity contribution < 1.29 is 9.53 Å². The highest BCUT2D eigenvalue weighted by Crippen LogP contribution is 2.19. The first-order valence-electron chi connectivity index (χ1n) is 5.55. The Morgan fingerprint density at radius 3 is 3.11 bits per heavy atom. The van der Waals surface area contributed by atoms with Crippen LogP contribution in [0.25, 0.3) is 17.0 Å². The minimum Gasteiger partial charge on any atom is -0.465 e. The van der Waals surface area contributed by atoms with Crippen LogP contribution < -0.4 is 0 Å². The van der Waals surface area contributed by atoms with E-state index >= 15 is 0 Å². The summed E-state index contributed by atoms with van der Waals surface area (Å²) in [6.45, 7) is 0. The van der Waals surface area contributed by atoms with E-state index in [4.69, 9.17) is 11.6 Å². The third-order valence-electron chi connectivity index (χ3n) is 2.56. The molecule has 0 saturated heterocycles. The number of carbonyl (C=O) groups is 1. The van der Waals surface area contributed by atoms with Crippen LogP contribution >= 0.6 is 11.6 Å². The zero-order valence-electron chi connectivity index (χ0n) is 9.94. The molecule has 0 atom stereocenters. The van der Waals surface area contributed by atoms with E-state index in [-0.39, 0.29) is 5.97 Å². The Bertz CT molecular complexity index is 590. The first kappa shape index (κ1) is 12.6. The summed E-state index contributed by atoms with van der Waals surface area (Å²) in [6, 6.07) is 5.31. The molecular formula is C13H13ClN2O2. The summed E-state index contributed by atoms with van der Waals surface area (Å²) >= 11 is 5.60. The molecule has 0 saturated carbocycles. The van der Waals surface area contributed by atoms with Gasteiger partial charge >= 0.3 is 5.97 Å². The summed E-state index contributed by atoms with van der Waals surface area (Å²) in [7, 11) is 1.36. The van der Waals surface area contributed by atoms with Gasteiger partial charge in [-0.05, 0) is 30.7 Å². The van der Waals surface area contributed by atoms with Gasteiger partial charge in [0.15, 0.2) is 0 Å². The van der Waals surface area contributed by atoms with Crippen molar-refractivity contribution in [2.45, 2.75) is 6.42 Å². The van der Waals surface area contributed by atoms with Gasteiger partial charge in [0.25, 0.3) is 0 Å². The number of nitrogens with zero attached hydrogens (tertiary/aromatic N) is 1. The van der Waals surface area contributed by atoms with Gasteiger partial charge in [-0.1, -0.05) is 6.08 Å². The first-order chi connectivity index (χ1) is 8.76. The number of allylic oxidation sites excluding steroid dienone is 1. The molecule has 1 N–H and O–H groups in total. The molecule has 0 fully saturated rings. The molecular weight excluding hydrogens is 252 g/mol. The van der Waals surface area contributed by atoms with Gasteiger partial charge in [0.05, 0.1) is 23.9 Å². The van der Waals surface area contributed by atoms with Crippen molar-refractivity contribution in [3.05, 3.63) is 35.5 Å². The van der Waals surface area contributed by atoms with Crippen molar-refractivity contribution >= 4 is 34.5 Å². The molecule has 2 aromatic rings. The molecule has 0 aliphatic carbocycles. The van der Waals surface area contributed by atoms with E-state index in [1.807, 2.05) is 18.2 Å². The predicted octanol–water partition coefficient (Wildman–Crippen LogP) is 2.99. The highest BCUT2D eigenvalue weighted by Gasteiger charge is 2.08. The van der Waals surface area contributed by atoms with E-state index < -0.39 is 0 Å². The Hall–Kier alpha value is -1.81. The second-order valence-electron chi connectivity index (χ2n) is 3.74. The number of hydrogen-bond donors (Lipinski definition) is 1. The van der Waals surface area contributed by atoms with Gasteiger partial charge in [-0.2, -0.15) is 5.10 Å². The summed E-state index contributed by atoms with van der Waals surface area (Å²) in [5.41, 5.74) is 2.15. The number of halogens is 1. The fraction of sp³-hybridized carbons (Fsp3) is 0.231. The second-order valence-corrected chi connectivity index (χ2v) is 4.12. The largest absolute Gasteiger partial charge is 0.465 e. The summed E-state index contributed by atoms with van der Waals surface area (Å²) in [6.07, 6.45) is 4.69. The standard InChI is InChI=1S/C13H13ClN2O2/c1-18-13(17)9-5-6-10-11(4-2-3-7-14)15-16-12(10)8-9/h2,4-6,8H,3,7H2,1H3,(H,15,16). The van der Waals surface area contributed by atoms with Gasteiger partial charge in [-0.3, -0.25) is 5.10 Å². The van der Waals surface area contributed by atoms with Gasteiger partial charge < -0.3 is 4.74 Å². The molecule has 1 heterocycles. The minimum absolute atomic E-state index is 0.356. The number of nitrogens with one attached hydrogen (secondary N) is 1. The number of fused-ring (bicyclic) bond motifs is 1. The lowest BCUT2D eigenvalue weighted by atomic mass is 10.1. The number of H-pyrrole nitrogens is 1. The number of aromatic nitrogens is 2. The van der Waals surface area contributed by atoms with Crippen LogP contribution in [0, 0.1) is 0 Å². The number of alkyl halides is 1. The Balaban J connectivity index is 2.34. The monoisotopic (exact) mass is 264 g/mol. The Morgan fingerprint density at radius 1 is 1.56 bits per heavy atom. The number of hydrogen-bond acceptors (Lipinski definition) is 3. The van der Waals surface area contributed by atoms with E-state index in [1.54, 1.807) is 12.1 Å². The van der Waals surface area contributed by atoms with Crippen molar-refractivity contribution in [1.29, 1.82) is 0 Å². The zero-order chi connectivity index (χ0) is 13.0. The molecule has 1 aromatic carbocycles. The molecule has 94 valence electrons. The number of carbonyl (C=O) groups excluding carboxylic acids is 1. The molecule has 5 heteroatoms. The fourth-order valence-electron chi connectivity index (χ4n) is 1.67. The molecule has 18 heavy (non-hydrogen) atoms. The SMILES string of the molecule is COC(=O)c1ccc2c(C=CCCCl)n[nH]c2c1. The van der Waals surface area contributed by atoms with Crippen molar-refractivity contribution in [3.63, 3.8) is 0 Å². The number of esters is 1. The third kappa shape index (κ3) is 2.54. The van der Waals surface area contributed by atoms with E-state index in [2.05, 4.69) is 14.9 Å². The number of rotatable bonds is 4. The van der Waals surface area contributed by atoms with Crippen molar-refractivity contribution in [1.82, 2.24) is 10.2 Å². The van der Waals surface area contributed by atoms with E-state index in [0.29, 0.717) is 11.4 Å². The van der Waals surface area contributed by atoms with Crippen LogP contribution in [0.15, 0.2) is 24.3 Å². The van der Waals surface area contributed by atoms with Gasteiger partial charge in [-0.25, -0.2) is 4.79 Å². The number of ether oxygens (including phenoxy) is 1. The highest BCUT2D eigenvalue weighted by atomic mass is 35.5. The van der Waals surface area contributed by atoms with Crippen molar-refractivity contribution in [3.8, 4) is 0 Å². The average Bonchev–Trinajstić information content (AvgIpc) is 2.80. The van der Waals surface area contributed by atoms with Gasteiger partial charge in [0, 0.05) is 11.3 Å². The quantitative estimate of drug-likeness (QED) is 0.682. The van der Waals surface area contributed by atoms with Crippen LogP contribution in [0.3, 0.4) is 0 Å². The van der Waals surface area contributed by atoms with E-state index in [0.717, 1.165) is 23.0 Å². The fourth-order valence-corrected chi connectivity index (χ4v) is 1.80. The maximum Gasteiger partial charge on any atom is 0.337 e. The maximum atomic E-state index is 11.4. The van der Waals surface area contributed by atoms with Gasteiger partial charge in [0.1, 0.15) is 0 Å². The molecule has 0 amide bonds. The highest BCUT2D eigenvalue weighted by molar-refractivity contribution is 6.17. The summed E-state index contributed by atoms with van der Waals surface area (Å²) in [4.78, 5) is 11.4. The maximum absolute atomic E-state index is 11.4. The second kappa shape index (κ2) is 5.69. The van der Waals surface area contributed by atoms with Crippen LogP contribution in [0.1, 0.15) is 22.5 Å².